The number of carbonyl (C=O) groups excluding carboxylic acids is 1. The first-order chi connectivity index (χ1) is 11.5. The van der Waals surface area contributed by atoms with Crippen LogP contribution in [0.1, 0.15) is 10.5 Å². The summed E-state index contributed by atoms with van der Waals surface area (Å²) in [4.78, 5) is 20.0. The Bertz CT molecular complexity index is 1100. The molecule has 1 amide bonds. The third-order valence-corrected chi connectivity index (χ3v) is 4.19. The molecule has 0 bridgehead atoms. The van der Waals surface area contributed by atoms with Crippen molar-refractivity contribution in [2.75, 3.05) is 5.32 Å². The number of anilines is 2. The first-order valence-electron chi connectivity index (χ1n) is 6.93. The number of aromatic nitrogens is 6. The van der Waals surface area contributed by atoms with E-state index in [-0.39, 0.29) is 5.69 Å². The molecule has 1 aromatic carbocycles. The number of benzene rings is 1. The van der Waals surface area contributed by atoms with E-state index in [2.05, 4.69) is 46.5 Å². The molecule has 3 aromatic heterocycles. The van der Waals surface area contributed by atoms with E-state index < -0.39 is 5.91 Å². The van der Waals surface area contributed by atoms with Gasteiger partial charge in [0.1, 0.15) is 16.7 Å². The zero-order chi connectivity index (χ0) is 16.8. The number of nitrogens with zero attached hydrogens (tertiary/aromatic N) is 5. The Morgan fingerprint density at radius 3 is 3.00 bits per heavy atom. The molecule has 4 rings (SSSR count). The summed E-state index contributed by atoms with van der Waals surface area (Å²) in [5.74, 6) is 0.0151. The maximum atomic E-state index is 11.4. The molecule has 0 spiro atoms. The number of H-pyrrole nitrogens is 1. The Morgan fingerprint density at radius 2 is 2.21 bits per heavy atom. The number of aryl methyl sites for hydroxylation is 1. The highest BCUT2D eigenvalue weighted by Gasteiger charge is 2.15. The molecule has 4 N–H and O–H groups in total. The molecule has 9 nitrogen and oxygen atoms in total. The molecule has 0 atom stereocenters. The van der Waals surface area contributed by atoms with Crippen LogP contribution < -0.4 is 11.1 Å². The van der Waals surface area contributed by atoms with Crippen LogP contribution in [0.5, 0.6) is 0 Å². The lowest BCUT2D eigenvalue weighted by Gasteiger charge is -2.07. The van der Waals surface area contributed by atoms with Crippen LogP contribution in [0.4, 0.5) is 11.5 Å². The summed E-state index contributed by atoms with van der Waals surface area (Å²) in [7, 11) is 1.81. The van der Waals surface area contributed by atoms with Gasteiger partial charge < -0.3 is 11.1 Å². The molecule has 0 aliphatic heterocycles. The molecule has 0 aliphatic rings. The number of fused-ring (bicyclic) bond motifs is 2. The highest BCUT2D eigenvalue weighted by atomic mass is 79.9. The summed E-state index contributed by atoms with van der Waals surface area (Å²) in [6, 6.07) is 5.45. The van der Waals surface area contributed by atoms with E-state index in [0.29, 0.717) is 21.5 Å². The van der Waals surface area contributed by atoms with Gasteiger partial charge in [-0.15, -0.1) is 0 Å². The number of nitrogens with two attached hydrogens (primary N) is 1. The van der Waals surface area contributed by atoms with Gasteiger partial charge in [0.2, 0.25) is 0 Å². The zero-order valence-corrected chi connectivity index (χ0v) is 14.0. The minimum Gasteiger partial charge on any atom is -0.364 e. The average molecular weight is 387 g/mol. The molecular weight excluding hydrogens is 376 g/mol. The predicted molar refractivity (Wildman–Crippen MR) is 91.9 cm³/mol. The highest BCUT2D eigenvalue weighted by Crippen LogP contribution is 2.30. The number of carbonyl (C=O) groups is 1. The van der Waals surface area contributed by atoms with Crippen molar-refractivity contribution in [1.82, 2.24) is 29.9 Å². The summed E-state index contributed by atoms with van der Waals surface area (Å²) in [6.45, 7) is 0. The van der Waals surface area contributed by atoms with E-state index in [1.807, 2.05) is 12.1 Å². The Labute approximate surface area is 143 Å². The molecule has 0 radical (unpaired) electrons. The summed E-state index contributed by atoms with van der Waals surface area (Å²) < 4.78 is 2.31. The number of halogens is 1. The second-order valence-corrected chi connectivity index (χ2v) is 5.91. The van der Waals surface area contributed by atoms with Crippen LogP contribution in [0.25, 0.3) is 21.9 Å². The normalized spacial score (nSPS) is 11.2. The van der Waals surface area contributed by atoms with E-state index in [4.69, 9.17) is 5.73 Å². The number of hydrogen-bond acceptors (Lipinski definition) is 6. The van der Waals surface area contributed by atoms with E-state index >= 15 is 0 Å². The molecule has 10 heteroatoms. The molecule has 24 heavy (non-hydrogen) atoms. The Hall–Kier alpha value is -3.01. The quantitative estimate of drug-likeness (QED) is 0.492. The van der Waals surface area contributed by atoms with E-state index in [1.165, 1.54) is 6.33 Å². The van der Waals surface area contributed by atoms with Gasteiger partial charge in [0, 0.05) is 18.1 Å². The lowest BCUT2D eigenvalue weighted by atomic mass is 10.2. The van der Waals surface area contributed by atoms with Gasteiger partial charge in [-0.25, -0.2) is 14.6 Å². The first kappa shape index (κ1) is 14.6. The van der Waals surface area contributed by atoms with E-state index in [0.717, 1.165) is 16.6 Å². The standard InChI is InChI=1S/C14H11BrN8O/c1-23-14-9(11(15)22-23)13(17-5-18-14)19-6-2-3-8-7(4-6)10(12(16)24)21-20-8/h2-5H,1H3,(H2,16,24)(H,20,21)(H,17,18,19). The Kier molecular flexibility index (Phi) is 3.20. The van der Waals surface area contributed by atoms with Crippen molar-refractivity contribution in [3.8, 4) is 0 Å². The van der Waals surface area contributed by atoms with Crippen LogP contribution in [0, 0.1) is 0 Å². The number of aromatic amines is 1. The third-order valence-electron chi connectivity index (χ3n) is 3.64. The maximum absolute atomic E-state index is 11.4. The van der Waals surface area contributed by atoms with Crippen molar-refractivity contribution in [3.05, 3.63) is 34.8 Å². The summed E-state index contributed by atoms with van der Waals surface area (Å²) in [5, 5.41) is 15.6. The number of nitrogens with one attached hydrogen (secondary N) is 2. The highest BCUT2D eigenvalue weighted by molar-refractivity contribution is 9.10. The van der Waals surface area contributed by atoms with Crippen LogP contribution in [0.2, 0.25) is 0 Å². The Balaban J connectivity index is 1.82. The van der Waals surface area contributed by atoms with Crippen LogP contribution in [-0.2, 0) is 7.05 Å². The van der Waals surface area contributed by atoms with E-state index in [9.17, 15) is 4.79 Å². The Morgan fingerprint density at radius 1 is 1.38 bits per heavy atom. The molecule has 0 saturated carbocycles. The summed E-state index contributed by atoms with van der Waals surface area (Å²) in [5.41, 5.74) is 7.70. The number of primary amides is 1. The summed E-state index contributed by atoms with van der Waals surface area (Å²) in [6.07, 6.45) is 1.46. The minimum atomic E-state index is -0.585. The van der Waals surface area contributed by atoms with Gasteiger partial charge in [-0.1, -0.05) is 0 Å². The first-order valence-corrected chi connectivity index (χ1v) is 7.72. The van der Waals surface area contributed by atoms with Crippen LogP contribution >= 0.6 is 15.9 Å². The summed E-state index contributed by atoms with van der Waals surface area (Å²) >= 11 is 3.42. The molecule has 120 valence electrons. The molecular formula is C14H11BrN8O. The van der Waals surface area contributed by atoms with Crippen molar-refractivity contribution in [1.29, 1.82) is 0 Å². The van der Waals surface area contributed by atoms with Crippen molar-refractivity contribution in [3.63, 3.8) is 0 Å². The van der Waals surface area contributed by atoms with Gasteiger partial charge in [-0.3, -0.25) is 9.89 Å². The van der Waals surface area contributed by atoms with Gasteiger partial charge in [0.15, 0.2) is 11.3 Å². The fraction of sp³-hybridized carbons (Fsp3) is 0.0714. The molecule has 0 saturated heterocycles. The van der Waals surface area contributed by atoms with Crippen LogP contribution in [0.3, 0.4) is 0 Å². The topological polar surface area (TPSA) is 127 Å². The fourth-order valence-electron chi connectivity index (χ4n) is 2.55. The van der Waals surface area contributed by atoms with Crippen molar-refractivity contribution >= 4 is 55.3 Å². The van der Waals surface area contributed by atoms with Gasteiger partial charge in [0.05, 0.1) is 10.9 Å². The number of hydrogen-bond donors (Lipinski definition) is 3. The maximum Gasteiger partial charge on any atom is 0.269 e. The van der Waals surface area contributed by atoms with Crippen molar-refractivity contribution in [2.24, 2.45) is 12.8 Å². The van der Waals surface area contributed by atoms with E-state index in [1.54, 1.807) is 17.8 Å². The van der Waals surface area contributed by atoms with Crippen molar-refractivity contribution in [2.45, 2.75) is 0 Å². The second kappa shape index (κ2) is 5.27. The van der Waals surface area contributed by atoms with Crippen molar-refractivity contribution < 1.29 is 4.79 Å². The van der Waals surface area contributed by atoms with Crippen LogP contribution in [0.15, 0.2) is 29.1 Å². The van der Waals surface area contributed by atoms with Gasteiger partial charge in [0.25, 0.3) is 5.91 Å². The number of rotatable bonds is 3. The second-order valence-electron chi connectivity index (χ2n) is 5.16. The molecule has 0 aliphatic carbocycles. The van der Waals surface area contributed by atoms with Gasteiger partial charge in [-0.05, 0) is 34.1 Å². The van der Waals surface area contributed by atoms with Gasteiger partial charge >= 0.3 is 0 Å². The minimum absolute atomic E-state index is 0.198. The predicted octanol–water partition coefficient (Wildman–Crippen LogP) is 1.84. The molecule has 3 heterocycles. The average Bonchev–Trinajstić information content (AvgIpc) is 3.09. The third kappa shape index (κ3) is 2.19. The number of amides is 1. The monoisotopic (exact) mass is 386 g/mol. The molecule has 0 unspecified atom stereocenters. The fourth-order valence-corrected chi connectivity index (χ4v) is 3.15. The lowest BCUT2D eigenvalue weighted by molar-refractivity contribution is 0.0997. The smallest absolute Gasteiger partial charge is 0.269 e. The molecule has 4 aromatic rings. The van der Waals surface area contributed by atoms with Gasteiger partial charge in [-0.2, -0.15) is 10.2 Å². The largest absolute Gasteiger partial charge is 0.364 e. The molecule has 0 fully saturated rings. The lowest BCUT2D eigenvalue weighted by Crippen LogP contribution is -2.11. The zero-order valence-electron chi connectivity index (χ0n) is 12.4. The SMILES string of the molecule is Cn1nc(Br)c2c(Nc3ccc4[nH]nc(C(N)=O)c4c3)ncnc21. The van der Waals surface area contributed by atoms with Crippen LogP contribution in [-0.4, -0.2) is 35.9 Å².